The van der Waals surface area contributed by atoms with Crippen LogP contribution in [0.2, 0.25) is 5.02 Å². The number of rotatable bonds is 6. The molecule has 0 unspecified atom stereocenters. The van der Waals surface area contributed by atoms with E-state index in [1.165, 1.54) is 24.3 Å². The van der Waals surface area contributed by atoms with Gasteiger partial charge in [-0.05, 0) is 30.7 Å². The molecule has 0 saturated carbocycles. The van der Waals surface area contributed by atoms with Gasteiger partial charge in [0, 0.05) is 11.6 Å². The molecular formula is C10H12ClNO5S. The molecule has 100 valence electrons. The molecule has 1 rings (SSSR count). The van der Waals surface area contributed by atoms with Gasteiger partial charge in [0.05, 0.1) is 4.90 Å². The standard InChI is InChI=1S/C10H12ClNO5S/c11-7-1-3-8(4-2-7)18(16,17)12-6-5-9(13)10(14)15/h1-4,9,12-13H,5-6H2,(H,14,15)/t9-/m0/s1. The Labute approximate surface area is 109 Å². The zero-order valence-electron chi connectivity index (χ0n) is 9.21. The maximum Gasteiger partial charge on any atom is 0.332 e. The second kappa shape index (κ2) is 6.14. The van der Waals surface area contributed by atoms with Crippen LogP contribution in [0.25, 0.3) is 0 Å². The zero-order chi connectivity index (χ0) is 13.8. The number of aliphatic hydroxyl groups excluding tert-OH is 1. The van der Waals surface area contributed by atoms with Crippen LogP contribution in [-0.4, -0.2) is 37.2 Å². The molecule has 1 aromatic rings. The Kier molecular flexibility index (Phi) is 5.09. The van der Waals surface area contributed by atoms with E-state index in [2.05, 4.69) is 4.72 Å². The summed E-state index contributed by atoms with van der Waals surface area (Å²) in [5, 5.41) is 17.8. The highest BCUT2D eigenvalue weighted by atomic mass is 35.5. The monoisotopic (exact) mass is 293 g/mol. The molecule has 0 radical (unpaired) electrons. The smallest absolute Gasteiger partial charge is 0.332 e. The number of hydrogen-bond donors (Lipinski definition) is 3. The molecule has 1 atom stereocenters. The molecule has 6 nitrogen and oxygen atoms in total. The van der Waals surface area contributed by atoms with E-state index in [1.54, 1.807) is 0 Å². The van der Waals surface area contributed by atoms with Crippen molar-refractivity contribution >= 4 is 27.6 Å². The van der Waals surface area contributed by atoms with E-state index in [0.717, 1.165) is 0 Å². The second-order valence-corrected chi connectivity index (χ2v) is 5.70. The molecule has 3 N–H and O–H groups in total. The summed E-state index contributed by atoms with van der Waals surface area (Å²) in [5.41, 5.74) is 0. The third-order valence-corrected chi connectivity index (χ3v) is 3.85. The summed E-state index contributed by atoms with van der Waals surface area (Å²) in [6.45, 7) is -0.168. The van der Waals surface area contributed by atoms with Gasteiger partial charge in [-0.2, -0.15) is 0 Å². The first-order chi connectivity index (χ1) is 8.33. The minimum absolute atomic E-state index is 0.0247. The van der Waals surface area contributed by atoms with Crippen molar-refractivity contribution < 1.29 is 23.4 Å². The minimum atomic E-state index is -3.71. The third-order valence-electron chi connectivity index (χ3n) is 2.12. The lowest BCUT2D eigenvalue weighted by Gasteiger charge is -2.08. The summed E-state index contributed by atoms with van der Waals surface area (Å²) in [6, 6.07) is 5.53. The summed E-state index contributed by atoms with van der Waals surface area (Å²) in [5.74, 6) is -1.39. The van der Waals surface area contributed by atoms with Crippen LogP contribution in [-0.2, 0) is 14.8 Å². The van der Waals surface area contributed by atoms with Crippen molar-refractivity contribution in [3.05, 3.63) is 29.3 Å². The highest BCUT2D eigenvalue weighted by Crippen LogP contribution is 2.13. The van der Waals surface area contributed by atoms with Crippen molar-refractivity contribution in [3.8, 4) is 0 Å². The van der Waals surface area contributed by atoms with Gasteiger partial charge < -0.3 is 10.2 Å². The van der Waals surface area contributed by atoms with Gasteiger partial charge in [0.1, 0.15) is 0 Å². The van der Waals surface area contributed by atoms with Crippen molar-refractivity contribution in [2.45, 2.75) is 17.4 Å². The molecule has 0 spiro atoms. The quantitative estimate of drug-likeness (QED) is 0.707. The van der Waals surface area contributed by atoms with Crippen LogP contribution in [0.4, 0.5) is 0 Å². The fourth-order valence-electron chi connectivity index (χ4n) is 1.15. The number of benzene rings is 1. The predicted molar refractivity (Wildman–Crippen MR) is 64.9 cm³/mol. The Morgan fingerprint density at radius 2 is 1.89 bits per heavy atom. The predicted octanol–water partition coefficient (Wildman–Crippen LogP) is 0.454. The number of sulfonamides is 1. The van der Waals surface area contributed by atoms with E-state index in [0.29, 0.717) is 5.02 Å². The van der Waals surface area contributed by atoms with Crippen molar-refractivity contribution in [2.24, 2.45) is 0 Å². The average Bonchev–Trinajstić information content (AvgIpc) is 2.29. The number of carboxylic acid groups (broad SMARTS) is 1. The number of carboxylic acids is 1. The van der Waals surface area contributed by atoms with Crippen LogP contribution >= 0.6 is 11.6 Å². The maximum absolute atomic E-state index is 11.7. The molecule has 0 aliphatic rings. The van der Waals surface area contributed by atoms with Crippen LogP contribution in [0.3, 0.4) is 0 Å². The fourth-order valence-corrected chi connectivity index (χ4v) is 2.32. The number of aliphatic carboxylic acids is 1. The van der Waals surface area contributed by atoms with E-state index < -0.39 is 22.1 Å². The molecule has 0 saturated heterocycles. The average molecular weight is 294 g/mol. The molecular weight excluding hydrogens is 282 g/mol. The lowest BCUT2D eigenvalue weighted by molar-refractivity contribution is -0.146. The third kappa shape index (κ3) is 4.26. The molecule has 0 heterocycles. The highest BCUT2D eigenvalue weighted by Gasteiger charge is 2.16. The lowest BCUT2D eigenvalue weighted by atomic mass is 10.3. The van der Waals surface area contributed by atoms with E-state index in [9.17, 15) is 13.2 Å². The van der Waals surface area contributed by atoms with Gasteiger partial charge in [-0.25, -0.2) is 17.9 Å². The van der Waals surface area contributed by atoms with Gasteiger partial charge in [0.25, 0.3) is 0 Å². The Hall–Kier alpha value is -1.15. The normalized spacial score (nSPS) is 13.2. The summed E-state index contributed by atoms with van der Waals surface area (Å²) in [6.07, 6.45) is -1.79. The van der Waals surface area contributed by atoms with Crippen molar-refractivity contribution in [2.75, 3.05) is 6.54 Å². The van der Waals surface area contributed by atoms with Crippen molar-refractivity contribution in [1.82, 2.24) is 4.72 Å². The number of hydrogen-bond acceptors (Lipinski definition) is 4. The number of nitrogens with one attached hydrogen (secondary N) is 1. The Bertz CT molecular complexity index is 514. The molecule has 0 fully saturated rings. The first kappa shape index (κ1) is 14.9. The van der Waals surface area contributed by atoms with Crippen LogP contribution in [0, 0.1) is 0 Å². The topological polar surface area (TPSA) is 104 Å². The zero-order valence-corrected chi connectivity index (χ0v) is 10.8. The number of aliphatic hydroxyl groups is 1. The van der Waals surface area contributed by atoms with Crippen LogP contribution in [0.15, 0.2) is 29.2 Å². The molecule has 1 aromatic carbocycles. The number of carbonyl (C=O) groups is 1. The summed E-state index contributed by atoms with van der Waals surface area (Å²) in [7, 11) is -3.71. The van der Waals surface area contributed by atoms with Gasteiger partial charge in [-0.15, -0.1) is 0 Å². The summed E-state index contributed by atoms with van der Waals surface area (Å²) in [4.78, 5) is 10.3. The SMILES string of the molecule is O=C(O)[C@@H](O)CCNS(=O)(=O)c1ccc(Cl)cc1. The highest BCUT2D eigenvalue weighted by molar-refractivity contribution is 7.89. The molecule has 0 aliphatic carbocycles. The van der Waals surface area contributed by atoms with Crippen molar-refractivity contribution in [3.63, 3.8) is 0 Å². The van der Waals surface area contributed by atoms with E-state index in [4.69, 9.17) is 21.8 Å². The molecule has 0 bridgehead atoms. The minimum Gasteiger partial charge on any atom is -0.479 e. The first-order valence-corrected chi connectivity index (χ1v) is 6.85. The maximum atomic E-state index is 11.7. The first-order valence-electron chi connectivity index (χ1n) is 4.99. The van der Waals surface area contributed by atoms with E-state index >= 15 is 0 Å². The lowest BCUT2D eigenvalue weighted by Crippen LogP contribution is -2.30. The Morgan fingerprint density at radius 3 is 2.39 bits per heavy atom. The largest absolute Gasteiger partial charge is 0.479 e. The van der Waals surface area contributed by atoms with Gasteiger partial charge in [-0.1, -0.05) is 11.6 Å². The van der Waals surface area contributed by atoms with Crippen LogP contribution in [0.1, 0.15) is 6.42 Å². The van der Waals surface area contributed by atoms with Gasteiger partial charge >= 0.3 is 5.97 Å². The molecule has 8 heteroatoms. The second-order valence-electron chi connectivity index (χ2n) is 3.49. The van der Waals surface area contributed by atoms with Gasteiger partial charge in [0.15, 0.2) is 6.10 Å². The van der Waals surface area contributed by atoms with Crippen LogP contribution in [0.5, 0.6) is 0 Å². The number of halogens is 1. The summed E-state index contributed by atoms with van der Waals surface area (Å²) < 4.78 is 25.6. The van der Waals surface area contributed by atoms with Gasteiger partial charge in [0.2, 0.25) is 10.0 Å². The molecule has 0 aliphatic heterocycles. The summed E-state index contributed by atoms with van der Waals surface area (Å²) >= 11 is 5.63. The Balaban J connectivity index is 2.60. The fraction of sp³-hybridized carbons (Fsp3) is 0.300. The van der Waals surface area contributed by atoms with E-state index in [1.807, 2.05) is 0 Å². The molecule has 18 heavy (non-hydrogen) atoms. The Morgan fingerprint density at radius 1 is 1.33 bits per heavy atom. The molecule has 0 amide bonds. The van der Waals surface area contributed by atoms with E-state index in [-0.39, 0.29) is 17.9 Å². The molecule has 0 aromatic heterocycles. The van der Waals surface area contributed by atoms with Gasteiger partial charge in [-0.3, -0.25) is 0 Å². The van der Waals surface area contributed by atoms with Crippen LogP contribution < -0.4 is 4.72 Å². The van der Waals surface area contributed by atoms with Crippen molar-refractivity contribution in [1.29, 1.82) is 0 Å².